The maximum atomic E-state index is 12.2. The first-order valence-electron chi connectivity index (χ1n) is 8.66. The van der Waals surface area contributed by atoms with Crippen LogP contribution in [0.1, 0.15) is 40.8 Å². The average Bonchev–Trinajstić information content (AvgIpc) is 3.35. The van der Waals surface area contributed by atoms with E-state index in [-0.39, 0.29) is 11.5 Å². The van der Waals surface area contributed by atoms with Gasteiger partial charge in [-0.3, -0.25) is 9.59 Å². The zero-order valence-corrected chi connectivity index (χ0v) is 15.2. The minimum atomic E-state index is -0.180. The molecule has 0 atom stereocenters. The summed E-state index contributed by atoms with van der Waals surface area (Å²) in [4.78, 5) is 29.4. The fourth-order valence-electron chi connectivity index (χ4n) is 2.59. The third-order valence-corrected chi connectivity index (χ3v) is 5.21. The Morgan fingerprint density at radius 2 is 2.19 bits per heavy atom. The lowest BCUT2D eigenvalue weighted by Gasteiger charge is -2.08. The molecule has 0 spiro atoms. The molecule has 1 fully saturated rings. The zero-order chi connectivity index (χ0) is 18.1. The molecule has 1 saturated carbocycles. The second-order valence-corrected chi connectivity index (χ2v) is 7.35. The van der Waals surface area contributed by atoms with Gasteiger partial charge in [0.25, 0.3) is 11.5 Å². The van der Waals surface area contributed by atoms with Gasteiger partial charge in [-0.2, -0.15) is 9.61 Å². The van der Waals surface area contributed by atoms with Crippen LogP contribution in [-0.2, 0) is 13.0 Å². The molecule has 1 aromatic carbocycles. The number of hydrogen-bond donors (Lipinski definition) is 2. The van der Waals surface area contributed by atoms with Gasteiger partial charge in [0.15, 0.2) is 0 Å². The Hall–Kier alpha value is -2.74. The van der Waals surface area contributed by atoms with Gasteiger partial charge in [0.2, 0.25) is 4.96 Å². The minimum Gasteiger partial charge on any atom is -0.379 e. The maximum Gasteiger partial charge on any atom is 0.275 e. The van der Waals surface area contributed by atoms with Gasteiger partial charge in [-0.1, -0.05) is 24.3 Å². The molecule has 2 heterocycles. The van der Waals surface area contributed by atoms with Crippen LogP contribution in [0.4, 0.5) is 5.69 Å². The molecule has 0 radical (unpaired) electrons. The largest absolute Gasteiger partial charge is 0.379 e. The topological polar surface area (TPSA) is 88.4 Å². The summed E-state index contributed by atoms with van der Waals surface area (Å²) in [6, 6.07) is 9.15. The van der Waals surface area contributed by atoms with Gasteiger partial charge in [-0.25, -0.2) is 4.98 Å². The molecule has 3 aromatic rings. The monoisotopic (exact) mass is 369 g/mol. The van der Waals surface area contributed by atoms with E-state index in [2.05, 4.69) is 20.7 Å². The summed E-state index contributed by atoms with van der Waals surface area (Å²) in [7, 11) is 0. The number of amides is 1. The van der Waals surface area contributed by atoms with Gasteiger partial charge in [0.1, 0.15) is 5.01 Å². The first kappa shape index (κ1) is 16.7. The van der Waals surface area contributed by atoms with Crippen LogP contribution in [0.2, 0.25) is 0 Å². The Morgan fingerprint density at radius 1 is 1.35 bits per heavy atom. The smallest absolute Gasteiger partial charge is 0.275 e. The van der Waals surface area contributed by atoms with Crippen molar-refractivity contribution in [3.05, 3.63) is 57.0 Å². The summed E-state index contributed by atoms with van der Waals surface area (Å²) in [6.07, 6.45) is 2.89. The van der Waals surface area contributed by atoms with Gasteiger partial charge in [0.05, 0.1) is 12.2 Å². The van der Waals surface area contributed by atoms with Crippen LogP contribution in [0.5, 0.6) is 0 Å². The summed E-state index contributed by atoms with van der Waals surface area (Å²) in [5.74, 6) is -0.0503. The fraction of sp³-hybridized carbons (Fsp3) is 0.333. The number of aryl methyl sites for hydroxylation is 1. The lowest BCUT2D eigenvalue weighted by Crippen LogP contribution is -2.25. The molecule has 1 aliphatic carbocycles. The van der Waals surface area contributed by atoms with Gasteiger partial charge < -0.3 is 10.6 Å². The molecule has 2 aromatic heterocycles. The summed E-state index contributed by atoms with van der Waals surface area (Å²) in [5.41, 5.74) is 1.91. The first-order chi connectivity index (χ1) is 12.6. The summed E-state index contributed by atoms with van der Waals surface area (Å²) >= 11 is 1.43. The SMILES string of the molecule is CCc1nn2c(=O)cc(CNc3cccc(C(=O)NC4CC4)c3)nc2s1. The van der Waals surface area contributed by atoms with Crippen molar-refractivity contribution in [2.75, 3.05) is 5.32 Å². The van der Waals surface area contributed by atoms with Crippen LogP contribution in [0.3, 0.4) is 0 Å². The standard InChI is InChI=1S/C18H19N5O2S/c1-2-15-22-23-16(24)9-14(21-18(23)26-15)10-19-13-5-3-4-11(8-13)17(25)20-12-6-7-12/h3-5,8-9,12,19H,2,6-7,10H2,1H3,(H,20,25). The van der Waals surface area contributed by atoms with Crippen molar-refractivity contribution in [1.82, 2.24) is 19.9 Å². The summed E-state index contributed by atoms with van der Waals surface area (Å²) in [6.45, 7) is 2.40. The van der Waals surface area contributed by atoms with Crippen molar-refractivity contribution < 1.29 is 4.79 Å². The quantitative estimate of drug-likeness (QED) is 0.696. The molecule has 0 saturated heterocycles. The zero-order valence-electron chi connectivity index (χ0n) is 14.4. The average molecular weight is 369 g/mol. The minimum absolute atomic E-state index is 0.0503. The molecule has 8 heteroatoms. The second kappa shape index (κ2) is 6.87. The lowest BCUT2D eigenvalue weighted by molar-refractivity contribution is 0.0951. The van der Waals surface area contributed by atoms with Crippen molar-refractivity contribution in [2.24, 2.45) is 0 Å². The molecule has 1 aliphatic rings. The van der Waals surface area contributed by atoms with E-state index < -0.39 is 0 Å². The number of carbonyl (C=O) groups is 1. The molecular formula is C18H19N5O2S. The number of rotatable bonds is 6. The van der Waals surface area contributed by atoms with E-state index in [0.717, 1.165) is 30.0 Å². The first-order valence-corrected chi connectivity index (χ1v) is 9.47. The van der Waals surface area contributed by atoms with E-state index in [1.165, 1.54) is 21.9 Å². The van der Waals surface area contributed by atoms with Crippen molar-refractivity contribution in [3.63, 3.8) is 0 Å². The van der Waals surface area contributed by atoms with E-state index in [1.807, 2.05) is 25.1 Å². The lowest BCUT2D eigenvalue weighted by atomic mass is 10.2. The molecule has 4 rings (SSSR count). The molecule has 26 heavy (non-hydrogen) atoms. The predicted molar refractivity (Wildman–Crippen MR) is 101 cm³/mol. The van der Waals surface area contributed by atoms with Gasteiger partial charge in [-0.15, -0.1) is 0 Å². The van der Waals surface area contributed by atoms with E-state index in [9.17, 15) is 9.59 Å². The van der Waals surface area contributed by atoms with Gasteiger partial charge in [-0.05, 0) is 37.5 Å². The molecule has 0 aliphatic heterocycles. The highest BCUT2D eigenvalue weighted by molar-refractivity contribution is 7.16. The van der Waals surface area contributed by atoms with Crippen molar-refractivity contribution in [3.8, 4) is 0 Å². The maximum absolute atomic E-state index is 12.2. The highest BCUT2D eigenvalue weighted by atomic mass is 32.1. The molecule has 134 valence electrons. The Balaban J connectivity index is 1.49. The van der Waals surface area contributed by atoms with E-state index in [0.29, 0.717) is 28.8 Å². The Kier molecular flexibility index (Phi) is 4.42. The third kappa shape index (κ3) is 3.60. The number of anilines is 1. The number of benzene rings is 1. The Labute approximate surface area is 154 Å². The fourth-order valence-corrected chi connectivity index (χ4v) is 3.45. The van der Waals surface area contributed by atoms with E-state index in [4.69, 9.17) is 0 Å². The van der Waals surface area contributed by atoms with Gasteiger partial charge in [0, 0.05) is 23.4 Å². The Morgan fingerprint density at radius 3 is 2.96 bits per heavy atom. The summed E-state index contributed by atoms with van der Waals surface area (Å²) < 4.78 is 1.34. The molecule has 7 nitrogen and oxygen atoms in total. The third-order valence-electron chi connectivity index (χ3n) is 4.15. The normalized spacial score (nSPS) is 13.7. The van der Waals surface area contributed by atoms with Crippen molar-refractivity contribution in [1.29, 1.82) is 0 Å². The van der Waals surface area contributed by atoms with E-state index >= 15 is 0 Å². The van der Waals surface area contributed by atoms with Crippen LogP contribution in [-0.4, -0.2) is 26.5 Å². The molecule has 0 bridgehead atoms. The molecular weight excluding hydrogens is 350 g/mol. The molecule has 0 unspecified atom stereocenters. The van der Waals surface area contributed by atoms with Crippen LogP contribution < -0.4 is 16.2 Å². The van der Waals surface area contributed by atoms with Crippen molar-refractivity contribution in [2.45, 2.75) is 38.8 Å². The number of nitrogens with zero attached hydrogens (tertiary/aromatic N) is 3. The number of fused-ring (bicyclic) bond motifs is 1. The Bertz CT molecular complexity index is 1020. The van der Waals surface area contributed by atoms with Crippen molar-refractivity contribution >= 4 is 27.9 Å². The van der Waals surface area contributed by atoms with Crippen LogP contribution in [0.25, 0.3) is 4.96 Å². The molecule has 1 amide bonds. The number of carbonyl (C=O) groups excluding carboxylic acids is 1. The number of nitrogens with one attached hydrogen (secondary N) is 2. The van der Waals surface area contributed by atoms with E-state index in [1.54, 1.807) is 6.07 Å². The van der Waals surface area contributed by atoms with Crippen LogP contribution >= 0.6 is 11.3 Å². The summed E-state index contributed by atoms with van der Waals surface area (Å²) in [5, 5.41) is 11.3. The van der Waals surface area contributed by atoms with Crippen LogP contribution in [0.15, 0.2) is 35.1 Å². The van der Waals surface area contributed by atoms with Crippen LogP contribution in [0, 0.1) is 0 Å². The van der Waals surface area contributed by atoms with Gasteiger partial charge >= 0.3 is 0 Å². The number of hydrogen-bond acceptors (Lipinski definition) is 6. The highest BCUT2D eigenvalue weighted by Crippen LogP contribution is 2.20. The number of aromatic nitrogens is 3. The predicted octanol–water partition coefficient (Wildman–Crippen LogP) is 2.22. The molecule has 2 N–H and O–H groups in total. The highest BCUT2D eigenvalue weighted by Gasteiger charge is 2.23. The second-order valence-electron chi connectivity index (χ2n) is 6.31.